The van der Waals surface area contributed by atoms with Gasteiger partial charge >= 0.3 is 5.97 Å². The number of rotatable bonds is 7. The Hall–Kier alpha value is -2.57. The number of benzene rings is 1. The number of amides is 2. The second-order valence-electron chi connectivity index (χ2n) is 5.64. The molecule has 7 heteroatoms. The highest BCUT2D eigenvalue weighted by Gasteiger charge is 2.29. The van der Waals surface area contributed by atoms with E-state index in [4.69, 9.17) is 9.84 Å². The molecule has 0 unspecified atom stereocenters. The fourth-order valence-electron chi connectivity index (χ4n) is 2.65. The second kappa shape index (κ2) is 7.81. The first-order valence-electron chi connectivity index (χ1n) is 8.06. The Labute approximate surface area is 140 Å². The molecular formula is C17H22N2O5. The Morgan fingerprint density at radius 3 is 2.50 bits per heavy atom. The van der Waals surface area contributed by atoms with Gasteiger partial charge in [0.15, 0.2) is 6.61 Å². The van der Waals surface area contributed by atoms with Gasteiger partial charge in [-0.1, -0.05) is 13.8 Å². The van der Waals surface area contributed by atoms with Gasteiger partial charge in [0, 0.05) is 13.1 Å². The molecule has 0 aliphatic carbocycles. The zero-order chi connectivity index (χ0) is 17.7. The Balaban J connectivity index is 2.23. The highest BCUT2D eigenvalue weighted by Crippen LogP contribution is 2.33. The van der Waals surface area contributed by atoms with Crippen molar-refractivity contribution in [3.8, 4) is 5.75 Å². The van der Waals surface area contributed by atoms with Crippen molar-refractivity contribution in [3.63, 3.8) is 0 Å². The maximum atomic E-state index is 12.5. The molecule has 7 nitrogen and oxygen atoms in total. The monoisotopic (exact) mass is 334 g/mol. The van der Waals surface area contributed by atoms with Gasteiger partial charge in [-0.15, -0.1) is 0 Å². The maximum absolute atomic E-state index is 12.5. The van der Waals surface area contributed by atoms with Gasteiger partial charge in [0.1, 0.15) is 12.3 Å². The van der Waals surface area contributed by atoms with E-state index in [9.17, 15) is 14.4 Å². The molecule has 0 fully saturated rings. The van der Waals surface area contributed by atoms with Gasteiger partial charge in [-0.2, -0.15) is 0 Å². The van der Waals surface area contributed by atoms with Crippen molar-refractivity contribution in [1.82, 2.24) is 4.90 Å². The molecule has 0 spiro atoms. The SMILES string of the molecule is CCCN(CCC)C(=O)CN1C(=O)COc2cc(C(=O)O)ccc21. The summed E-state index contributed by atoms with van der Waals surface area (Å²) < 4.78 is 5.31. The summed E-state index contributed by atoms with van der Waals surface area (Å²) in [7, 11) is 0. The number of hydrogen-bond acceptors (Lipinski definition) is 4. The molecule has 0 radical (unpaired) electrons. The molecule has 0 aromatic heterocycles. The Morgan fingerprint density at radius 2 is 1.92 bits per heavy atom. The molecular weight excluding hydrogens is 312 g/mol. The van der Waals surface area contributed by atoms with Crippen molar-refractivity contribution in [3.05, 3.63) is 23.8 Å². The second-order valence-corrected chi connectivity index (χ2v) is 5.64. The first-order valence-corrected chi connectivity index (χ1v) is 8.06. The standard InChI is InChI=1S/C17H22N2O5/c1-3-7-18(8-4-2)15(20)10-19-13-6-5-12(17(22)23)9-14(13)24-11-16(19)21/h5-6,9H,3-4,7-8,10-11H2,1-2H3,(H,22,23). The number of carbonyl (C=O) groups is 3. The lowest BCUT2D eigenvalue weighted by atomic mass is 10.1. The number of carboxylic acids is 1. The topological polar surface area (TPSA) is 87.2 Å². The van der Waals surface area contributed by atoms with Gasteiger partial charge in [-0.3, -0.25) is 14.5 Å². The van der Waals surface area contributed by atoms with Crippen LogP contribution in [0.25, 0.3) is 0 Å². The smallest absolute Gasteiger partial charge is 0.335 e. The predicted molar refractivity (Wildman–Crippen MR) is 88.4 cm³/mol. The van der Waals surface area contributed by atoms with Crippen molar-refractivity contribution in [1.29, 1.82) is 0 Å². The largest absolute Gasteiger partial charge is 0.482 e. The van der Waals surface area contributed by atoms with Gasteiger partial charge in [0.25, 0.3) is 5.91 Å². The van der Waals surface area contributed by atoms with Gasteiger partial charge in [0.2, 0.25) is 5.91 Å². The van der Waals surface area contributed by atoms with Crippen molar-refractivity contribution >= 4 is 23.5 Å². The van der Waals surface area contributed by atoms with Gasteiger partial charge in [-0.05, 0) is 31.0 Å². The fraction of sp³-hybridized carbons (Fsp3) is 0.471. The number of nitrogens with zero attached hydrogens (tertiary/aromatic N) is 2. The van der Waals surface area contributed by atoms with Gasteiger partial charge in [-0.25, -0.2) is 4.79 Å². The zero-order valence-corrected chi connectivity index (χ0v) is 13.9. The molecule has 0 saturated heterocycles. The normalized spacial score (nSPS) is 13.2. The van der Waals surface area contributed by atoms with E-state index >= 15 is 0 Å². The van der Waals surface area contributed by atoms with E-state index in [2.05, 4.69) is 0 Å². The summed E-state index contributed by atoms with van der Waals surface area (Å²) in [5.74, 6) is -1.20. The minimum atomic E-state index is -1.07. The number of fused-ring (bicyclic) bond motifs is 1. The summed E-state index contributed by atoms with van der Waals surface area (Å²) >= 11 is 0. The van der Waals surface area contributed by atoms with E-state index in [0.29, 0.717) is 24.5 Å². The van der Waals surface area contributed by atoms with E-state index in [1.165, 1.54) is 23.1 Å². The van der Waals surface area contributed by atoms with Crippen LogP contribution < -0.4 is 9.64 Å². The third-order valence-electron chi connectivity index (χ3n) is 3.78. The average molecular weight is 334 g/mol. The lowest BCUT2D eigenvalue weighted by Crippen LogP contribution is -2.46. The van der Waals surface area contributed by atoms with E-state index in [0.717, 1.165) is 12.8 Å². The molecule has 1 aliphatic heterocycles. The molecule has 24 heavy (non-hydrogen) atoms. The summed E-state index contributed by atoms with van der Waals surface area (Å²) in [4.78, 5) is 38.8. The zero-order valence-electron chi connectivity index (χ0n) is 13.9. The predicted octanol–water partition coefficient (Wildman–Crippen LogP) is 1.76. The summed E-state index contributed by atoms with van der Waals surface area (Å²) in [5.41, 5.74) is 0.505. The Bertz CT molecular complexity index is 638. The summed E-state index contributed by atoms with van der Waals surface area (Å²) in [5, 5.41) is 9.04. The minimum Gasteiger partial charge on any atom is -0.482 e. The number of ether oxygens (including phenoxy) is 1. The van der Waals surface area contributed by atoms with Crippen LogP contribution in [-0.4, -0.2) is 54.0 Å². The minimum absolute atomic E-state index is 0.0678. The van der Waals surface area contributed by atoms with Crippen molar-refractivity contribution in [2.24, 2.45) is 0 Å². The molecule has 1 N–H and O–H groups in total. The van der Waals surface area contributed by atoms with Crippen LogP contribution in [0.1, 0.15) is 37.0 Å². The third-order valence-corrected chi connectivity index (χ3v) is 3.78. The van der Waals surface area contributed by atoms with Crippen molar-refractivity contribution < 1.29 is 24.2 Å². The van der Waals surface area contributed by atoms with Crippen LogP contribution in [0.4, 0.5) is 5.69 Å². The number of hydrogen-bond donors (Lipinski definition) is 1. The molecule has 0 atom stereocenters. The number of aromatic carboxylic acids is 1. The van der Waals surface area contributed by atoms with E-state index in [1.54, 1.807) is 4.90 Å². The molecule has 0 bridgehead atoms. The van der Waals surface area contributed by atoms with Crippen LogP contribution in [0.15, 0.2) is 18.2 Å². The maximum Gasteiger partial charge on any atom is 0.335 e. The lowest BCUT2D eigenvalue weighted by molar-refractivity contribution is -0.132. The van der Waals surface area contributed by atoms with Gasteiger partial charge < -0.3 is 14.7 Å². The fourth-order valence-corrected chi connectivity index (χ4v) is 2.65. The van der Waals surface area contributed by atoms with Crippen LogP contribution in [0.3, 0.4) is 0 Å². The number of carbonyl (C=O) groups excluding carboxylic acids is 2. The molecule has 130 valence electrons. The van der Waals surface area contributed by atoms with E-state index in [-0.39, 0.29) is 30.5 Å². The molecule has 0 saturated carbocycles. The Kier molecular flexibility index (Phi) is 5.78. The highest BCUT2D eigenvalue weighted by molar-refractivity contribution is 6.03. The number of anilines is 1. The molecule has 1 aliphatic rings. The quantitative estimate of drug-likeness (QED) is 0.821. The van der Waals surface area contributed by atoms with Crippen LogP contribution in [0.5, 0.6) is 5.75 Å². The summed E-state index contributed by atoms with van der Waals surface area (Å²) in [6.07, 6.45) is 1.70. The van der Waals surface area contributed by atoms with Crippen molar-refractivity contribution in [2.45, 2.75) is 26.7 Å². The molecule has 1 aromatic rings. The summed E-state index contributed by atoms with van der Waals surface area (Å²) in [6, 6.07) is 4.28. The molecule has 1 heterocycles. The molecule has 2 rings (SSSR count). The lowest BCUT2D eigenvalue weighted by Gasteiger charge is -2.31. The summed E-state index contributed by atoms with van der Waals surface area (Å²) in [6.45, 7) is 5.02. The first kappa shape index (κ1) is 17.8. The Morgan fingerprint density at radius 1 is 1.25 bits per heavy atom. The van der Waals surface area contributed by atoms with Gasteiger partial charge in [0.05, 0.1) is 11.3 Å². The van der Waals surface area contributed by atoms with Crippen LogP contribution in [-0.2, 0) is 9.59 Å². The van der Waals surface area contributed by atoms with Crippen LogP contribution in [0, 0.1) is 0 Å². The number of carboxylic acid groups (broad SMARTS) is 1. The van der Waals surface area contributed by atoms with E-state index < -0.39 is 5.97 Å². The first-order chi connectivity index (χ1) is 11.5. The molecule has 1 aromatic carbocycles. The van der Waals surface area contributed by atoms with Crippen molar-refractivity contribution in [2.75, 3.05) is 31.1 Å². The third kappa shape index (κ3) is 3.84. The average Bonchev–Trinajstić information content (AvgIpc) is 2.56. The van der Waals surface area contributed by atoms with E-state index in [1.807, 2.05) is 13.8 Å². The van der Waals surface area contributed by atoms with Crippen LogP contribution >= 0.6 is 0 Å². The highest BCUT2D eigenvalue weighted by atomic mass is 16.5. The molecule has 2 amide bonds. The van der Waals surface area contributed by atoms with Crippen LogP contribution in [0.2, 0.25) is 0 Å².